The Labute approximate surface area is 191 Å². The summed E-state index contributed by atoms with van der Waals surface area (Å²) < 4.78 is 42.4. The van der Waals surface area contributed by atoms with Crippen LogP contribution in [0.1, 0.15) is 26.3 Å². The van der Waals surface area contributed by atoms with Crippen LogP contribution in [-0.4, -0.2) is 49.8 Å². The van der Waals surface area contributed by atoms with Gasteiger partial charge in [-0.1, -0.05) is 5.16 Å². The molecule has 1 aromatic carbocycles. The van der Waals surface area contributed by atoms with Crippen LogP contribution >= 0.6 is 0 Å². The second-order valence-electron chi connectivity index (χ2n) is 8.47. The second kappa shape index (κ2) is 7.91. The molecule has 2 aromatic heterocycles. The van der Waals surface area contributed by atoms with Gasteiger partial charge in [0.25, 0.3) is 0 Å². The number of nitrogens with two attached hydrogens (primary N) is 1. The average Bonchev–Trinajstić information content (AvgIpc) is 3.28. The minimum absolute atomic E-state index is 0.0336. The summed E-state index contributed by atoms with van der Waals surface area (Å²) in [5.74, 6) is 0.986. The number of aliphatic imine (C=N–C) groups is 1. The number of methoxy groups -OCH3 is 1. The summed E-state index contributed by atoms with van der Waals surface area (Å²) >= 11 is 0. The topological polar surface area (TPSA) is 129 Å². The molecule has 174 valence electrons. The summed E-state index contributed by atoms with van der Waals surface area (Å²) in [6.45, 7) is 5.19. The summed E-state index contributed by atoms with van der Waals surface area (Å²) in [6, 6.07) is 6.16. The Kier molecular flexibility index (Phi) is 5.47. The normalized spacial score (nSPS) is 24.2. The van der Waals surface area contributed by atoms with Crippen molar-refractivity contribution in [3.8, 4) is 28.6 Å². The lowest BCUT2D eigenvalue weighted by atomic mass is 9.91. The Morgan fingerprint density at radius 1 is 1.21 bits per heavy atom. The summed E-state index contributed by atoms with van der Waals surface area (Å²) in [7, 11) is 0.215. The Hall–Kier alpha value is -3.34. The molecule has 4 rings (SSSR count). The fraction of sp³-hybridized carbons (Fsp3) is 0.364. The van der Waals surface area contributed by atoms with Crippen LogP contribution in [0.3, 0.4) is 0 Å². The molecule has 0 bridgehead atoms. The fourth-order valence-electron chi connectivity index (χ4n) is 3.75. The van der Waals surface area contributed by atoms with Crippen LogP contribution in [0.25, 0.3) is 22.8 Å². The summed E-state index contributed by atoms with van der Waals surface area (Å²) in [6.07, 6.45) is 3.05. The predicted molar refractivity (Wildman–Crippen MR) is 124 cm³/mol. The van der Waals surface area contributed by atoms with E-state index in [-0.39, 0.29) is 17.2 Å². The molecule has 3 heterocycles. The molecule has 0 saturated heterocycles. The maximum absolute atomic E-state index is 15.0. The van der Waals surface area contributed by atoms with Crippen LogP contribution in [0.5, 0.6) is 5.75 Å². The Balaban J connectivity index is 1.76. The van der Waals surface area contributed by atoms with Crippen molar-refractivity contribution in [2.75, 3.05) is 19.9 Å². The minimum atomic E-state index is -2.80. The number of hydrogen-bond acceptors (Lipinski definition) is 9. The zero-order valence-electron chi connectivity index (χ0n) is 19.0. The quantitative estimate of drug-likeness (QED) is 0.616. The second-order valence-corrected chi connectivity index (χ2v) is 11.4. The predicted octanol–water partition coefficient (Wildman–Crippen LogP) is 3.41. The first kappa shape index (κ1) is 22.8. The first-order chi connectivity index (χ1) is 15.5. The SMILES string of the molecule is CN=S1(=O)C[C@@](C)(c2cc(-c3cc(-c4ncc(OC)cn4)no3)ccc2F)N=C(N)C1(C)C. The van der Waals surface area contributed by atoms with Gasteiger partial charge >= 0.3 is 0 Å². The smallest absolute Gasteiger partial charge is 0.181 e. The van der Waals surface area contributed by atoms with E-state index in [4.69, 9.17) is 15.0 Å². The van der Waals surface area contributed by atoms with E-state index in [2.05, 4.69) is 24.5 Å². The van der Waals surface area contributed by atoms with Crippen molar-refractivity contribution >= 4 is 15.6 Å². The molecule has 0 amide bonds. The molecular formula is C22H25FN6O3S. The van der Waals surface area contributed by atoms with E-state index in [9.17, 15) is 4.21 Å². The highest BCUT2D eigenvalue weighted by Gasteiger charge is 2.47. The van der Waals surface area contributed by atoms with Gasteiger partial charge in [0.05, 0.1) is 35.0 Å². The van der Waals surface area contributed by atoms with Crippen LogP contribution in [-0.2, 0) is 15.3 Å². The van der Waals surface area contributed by atoms with Crippen molar-refractivity contribution in [2.45, 2.75) is 31.1 Å². The molecule has 1 unspecified atom stereocenters. The summed E-state index contributed by atoms with van der Waals surface area (Å²) in [4.78, 5) is 13.0. The van der Waals surface area contributed by atoms with Gasteiger partial charge in [0, 0.05) is 24.2 Å². The van der Waals surface area contributed by atoms with Crippen molar-refractivity contribution < 1.29 is 17.9 Å². The van der Waals surface area contributed by atoms with Gasteiger partial charge < -0.3 is 15.0 Å². The van der Waals surface area contributed by atoms with Gasteiger partial charge in [0.2, 0.25) is 0 Å². The molecule has 2 atom stereocenters. The number of halogens is 1. The number of benzene rings is 1. The third kappa shape index (κ3) is 3.75. The Morgan fingerprint density at radius 3 is 2.55 bits per heavy atom. The van der Waals surface area contributed by atoms with Gasteiger partial charge in [-0.05, 0) is 39.0 Å². The Morgan fingerprint density at radius 2 is 1.91 bits per heavy atom. The van der Waals surface area contributed by atoms with E-state index < -0.39 is 25.8 Å². The highest BCUT2D eigenvalue weighted by atomic mass is 32.2. The standard InChI is InChI=1S/C22H25FN6O3S/c1-21(2)20(24)28-22(3,12-33(21,30)25-4)15-8-13(6-7-16(15)23)18-9-17(29-32-18)19-26-10-14(31-5)11-27-19/h6-11H,12H2,1-5H3,(H2,24,28)/t22-,33?/m0/s1. The maximum Gasteiger partial charge on any atom is 0.181 e. The van der Waals surface area contributed by atoms with Crippen molar-refractivity contribution in [1.82, 2.24) is 15.1 Å². The van der Waals surface area contributed by atoms with Gasteiger partial charge in [-0.2, -0.15) is 0 Å². The fourth-order valence-corrected chi connectivity index (χ4v) is 6.05. The number of rotatable bonds is 4. The van der Waals surface area contributed by atoms with Crippen LogP contribution < -0.4 is 10.5 Å². The molecular weight excluding hydrogens is 447 g/mol. The molecule has 0 aliphatic carbocycles. The first-order valence-corrected chi connectivity index (χ1v) is 11.8. The third-order valence-corrected chi connectivity index (χ3v) is 9.33. The Bertz CT molecular complexity index is 1360. The van der Waals surface area contributed by atoms with E-state index >= 15 is 4.39 Å². The molecule has 3 aromatic rings. The molecule has 0 radical (unpaired) electrons. The largest absolute Gasteiger partial charge is 0.494 e. The van der Waals surface area contributed by atoms with Crippen LogP contribution in [0, 0.1) is 5.82 Å². The monoisotopic (exact) mass is 472 g/mol. The molecule has 0 saturated carbocycles. The molecule has 9 nitrogen and oxygen atoms in total. The van der Waals surface area contributed by atoms with E-state index in [1.807, 2.05) is 0 Å². The maximum atomic E-state index is 15.0. The lowest BCUT2D eigenvalue weighted by Crippen LogP contribution is -2.54. The highest BCUT2D eigenvalue weighted by molar-refractivity contribution is 7.95. The van der Waals surface area contributed by atoms with Crippen molar-refractivity contribution in [3.05, 3.63) is 48.0 Å². The van der Waals surface area contributed by atoms with Gasteiger partial charge in [-0.25, -0.2) is 22.9 Å². The number of nitrogens with zero attached hydrogens (tertiary/aromatic N) is 5. The third-order valence-electron chi connectivity index (χ3n) is 5.99. The molecule has 0 fully saturated rings. The number of hydrogen-bond donors (Lipinski definition) is 1. The average molecular weight is 473 g/mol. The number of aromatic nitrogens is 3. The zero-order chi connectivity index (χ0) is 24.0. The van der Waals surface area contributed by atoms with Crippen molar-refractivity contribution in [2.24, 2.45) is 15.1 Å². The van der Waals surface area contributed by atoms with Gasteiger partial charge in [0.15, 0.2) is 23.0 Å². The molecule has 1 aliphatic rings. The lowest BCUT2D eigenvalue weighted by molar-refractivity contribution is 0.410. The van der Waals surface area contributed by atoms with E-state index in [0.717, 1.165) is 0 Å². The van der Waals surface area contributed by atoms with Crippen LogP contribution in [0.15, 0.2) is 50.5 Å². The summed E-state index contributed by atoms with van der Waals surface area (Å²) in [5, 5.41) is 4.02. The zero-order valence-corrected chi connectivity index (χ0v) is 19.8. The van der Waals surface area contributed by atoms with Crippen molar-refractivity contribution in [1.29, 1.82) is 0 Å². The van der Waals surface area contributed by atoms with Crippen LogP contribution in [0.4, 0.5) is 4.39 Å². The van der Waals surface area contributed by atoms with Crippen molar-refractivity contribution in [3.63, 3.8) is 0 Å². The van der Waals surface area contributed by atoms with Gasteiger partial charge in [-0.3, -0.25) is 4.99 Å². The number of amidine groups is 1. The van der Waals surface area contributed by atoms with Gasteiger partial charge in [-0.15, -0.1) is 0 Å². The van der Waals surface area contributed by atoms with E-state index in [0.29, 0.717) is 28.6 Å². The van der Waals surface area contributed by atoms with Crippen LogP contribution in [0.2, 0.25) is 0 Å². The minimum Gasteiger partial charge on any atom is -0.494 e. The lowest BCUT2D eigenvalue weighted by Gasteiger charge is -2.40. The molecule has 1 aliphatic heterocycles. The van der Waals surface area contributed by atoms with E-state index in [1.54, 1.807) is 39.0 Å². The first-order valence-electron chi connectivity index (χ1n) is 10.1. The molecule has 2 N–H and O–H groups in total. The number of ether oxygens (including phenoxy) is 1. The van der Waals surface area contributed by atoms with E-state index in [1.165, 1.54) is 32.6 Å². The summed E-state index contributed by atoms with van der Waals surface area (Å²) in [5.41, 5.74) is 6.26. The highest BCUT2D eigenvalue weighted by Crippen LogP contribution is 2.40. The van der Waals surface area contributed by atoms with Gasteiger partial charge in [0.1, 0.15) is 21.9 Å². The molecule has 11 heteroatoms. The molecule has 33 heavy (non-hydrogen) atoms. The molecule has 0 spiro atoms.